The maximum Gasteiger partial charge on any atom is 0.417 e. The van der Waals surface area contributed by atoms with E-state index in [1.54, 1.807) is 19.9 Å². The number of hydrogen-bond acceptors (Lipinski definition) is 6. The number of ether oxygens (including phenoxy) is 2. The molecule has 2 heterocycles. The van der Waals surface area contributed by atoms with E-state index in [4.69, 9.17) is 21.7 Å². The highest BCUT2D eigenvalue weighted by molar-refractivity contribution is 7.80. The van der Waals surface area contributed by atoms with Crippen molar-refractivity contribution in [3.05, 3.63) is 29.3 Å². The molecule has 2 saturated heterocycles. The Labute approximate surface area is 276 Å². The molecule has 1 saturated carbocycles. The van der Waals surface area contributed by atoms with Crippen LogP contribution < -0.4 is 4.90 Å². The van der Waals surface area contributed by atoms with E-state index in [9.17, 15) is 28.0 Å². The standard InChI is InChI=1S/C34H47F3N4O4S/c1-21-17-27(18-22(2)39(21)31(43)45-32(3,4)5)44-16-8-9-23-10-13-25(14-11-23)41-30(46)40(29(42)33(41,6)7)26-15-12-24(20-38)28(19-26)34(35,36)37/h12,15,19,21-23,25,27H,8-11,13-14,16-18H2,1-7H3/t21-,22+,23?,25?,27?. The van der Waals surface area contributed by atoms with Crippen LogP contribution in [0.15, 0.2) is 18.2 Å². The number of hydrogen-bond donors (Lipinski definition) is 0. The summed E-state index contributed by atoms with van der Waals surface area (Å²) in [7, 11) is 0. The predicted molar refractivity (Wildman–Crippen MR) is 173 cm³/mol. The summed E-state index contributed by atoms with van der Waals surface area (Å²) in [4.78, 5) is 31.1. The van der Waals surface area contributed by atoms with Crippen molar-refractivity contribution in [2.24, 2.45) is 5.92 Å². The number of benzene rings is 1. The number of nitrogens with zero attached hydrogens (tertiary/aromatic N) is 4. The Morgan fingerprint density at radius 1 is 1.09 bits per heavy atom. The lowest BCUT2D eigenvalue weighted by atomic mass is 9.82. The number of carbonyl (C=O) groups is 2. The van der Waals surface area contributed by atoms with Crippen LogP contribution in [0.1, 0.15) is 111 Å². The minimum atomic E-state index is -4.74. The first kappa shape index (κ1) is 35.9. The normalized spacial score (nSPS) is 27.2. The number of halogens is 3. The van der Waals surface area contributed by atoms with Crippen molar-refractivity contribution in [1.29, 1.82) is 5.26 Å². The van der Waals surface area contributed by atoms with Crippen LogP contribution in [0.2, 0.25) is 0 Å². The fourth-order valence-corrected chi connectivity index (χ4v) is 7.86. The number of nitriles is 1. The molecule has 0 aromatic heterocycles. The predicted octanol–water partition coefficient (Wildman–Crippen LogP) is 7.82. The molecule has 0 bridgehead atoms. The quantitative estimate of drug-likeness (QED) is 0.217. The second kappa shape index (κ2) is 13.7. The second-order valence-corrected chi connectivity index (χ2v) is 14.9. The van der Waals surface area contributed by atoms with Crippen LogP contribution >= 0.6 is 12.2 Å². The summed E-state index contributed by atoms with van der Waals surface area (Å²) in [5, 5.41) is 9.37. The van der Waals surface area contributed by atoms with Gasteiger partial charge in [-0.15, -0.1) is 0 Å². The number of carbonyl (C=O) groups excluding carboxylic acids is 2. The number of anilines is 1. The molecule has 3 fully saturated rings. The maximum absolute atomic E-state index is 13.7. The van der Waals surface area contributed by atoms with Crippen LogP contribution in [0.25, 0.3) is 0 Å². The van der Waals surface area contributed by atoms with Gasteiger partial charge in [0.25, 0.3) is 5.91 Å². The molecule has 1 unspecified atom stereocenters. The Hall–Kier alpha value is -2.91. The summed E-state index contributed by atoms with van der Waals surface area (Å²) in [6.07, 6.45) is 2.18. The average Bonchev–Trinajstić information content (AvgIpc) is 3.12. The van der Waals surface area contributed by atoms with Gasteiger partial charge in [0.05, 0.1) is 29.0 Å². The molecule has 2 amide bonds. The molecule has 1 aromatic carbocycles. The highest BCUT2D eigenvalue weighted by Crippen LogP contribution is 2.41. The van der Waals surface area contributed by atoms with Gasteiger partial charge in [0.15, 0.2) is 5.11 Å². The molecule has 12 heteroatoms. The maximum atomic E-state index is 13.7. The molecule has 0 radical (unpaired) electrons. The Bertz CT molecular complexity index is 1340. The van der Waals surface area contributed by atoms with Gasteiger partial charge in [0, 0.05) is 24.7 Å². The summed E-state index contributed by atoms with van der Waals surface area (Å²) in [6.45, 7) is 13.9. The largest absolute Gasteiger partial charge is 0.444 e. The van der Waals surface area contributed by atoms with E-state index in [1.807, 2.05) is 44.4 Å². The molecule has 0 spiro atoms. The molecule has 8 nitrogen and oxygen atoms in total. The van der Waals surface area contributed by atoms with E-state index in [1.165, 1.54) is 11.0 Å². The molecule has 1 aliphatic carbocycles. The zero-order valence-corrected chi connectivity index (χ0v) is 28.8. The summed E-state index contributed by atoms with van der Waals surface area (Å²) >= 11 is 5.73. The van der Waals surface area contributed by atoms with Crippen LogP contribution in [0.4, 0.5) is 23.7 Å². The van der Waals surface area contributed by atoms with Crippen molar-refractivity contribution in [2.75, 3.05) is 11.5 Å². The van der Waals surface area contributed by atoms with Crippen molar-refractivity contribution in [2.45, 2.75) is 141 Å². The van der Waals surface area contributed by atoms with Gasteiger partial charge in [-0.05, 0) is 136 Å². The Morgan fingerprint density at radius 3 is 2.24 bits per heavy atom. The topological polar surface area (TPSA) is 86.1 Å². The average molecular weight is 665 g/mol. The van der Waals surface area contributed by atoms with Gasteiger partial charge in [-0.1, -0.05) is 0 Å². The summed E-state index contributed by atoms with van der Waals surface area (Å²) in [6, 6.07) is 4.93. The third kappa shape index (κ3) is 7.79. The zero-order chi connectivity index (χ0) is 34.2. The smallest absolute Gasteiger partial charge is 0.417 e. The lowest BCUT2D eigenvalue weighted by Crippen LogP contribution is -2.53. The van der Waals surface area contributed by atoms with Gasteiger partial charge >= 0.3 is 12.3 Å². The first-order chi connectivity index (χ1) is 21.3. The fraction of sp³-hybridized carbons (Fsp3) is 0.706. The van der Waals surface area contributed by atoms with E-state index in [0.29, 0.717) is 12.5 Å². The SMILES string of the molecule is C[C@@H]1CC(OCCCC2CCC(N3C(=S)N(c4ccc(C#N)c(C(F)(F)F)c4)C(=O)C3(C)C)CC2)C[C@H](C)N1C(=O)OC(C)(C)C. The minimum absolute atomic E-state index is 0.00236. The van der Waals surface area contributed by atoms with Crippen LogP contribution in [-0.2, 0) is 20.4 Å². The first-order valence-electron chi connectivity index (χ1n) is 16.3. The third-order valence-electron chi connectivity index (χ3n) is 9.47. The lowest BCUT2D eigenvalue weighted by Gasteiger charge is -2.42. The first-order valence-corrected chi connectivity index (χ1v) is 16.7. The second-order valence-electron chi connectivity index (χ2n) is 14.6. The van der Waals surface area contributed by atoms with Crippen molar-refractivity contribution in [1.82, 2.24) is 9.80 Å². The molecule has 46 heavy (non-hydrogen) atoms. The molecule has 3 aliphatic rings. The van der Waals surface area contributed by atoms with E-state index in [0.717, 1.165) is 63.5 Å². The van der Waals surface area contributed by atoms with Crippen LogP contribution in [0.3, 0.4) is 0 Å². The molecule has 1 aromatic rings. The lowest BCUT2D eigenvalue weighted by molar-refractivity contribution is -0.137. The molecule has 4 rings (SSSR count). The van der Waals surface area contributed by atoms with Crippen molar-refractivity contribution in [3.63, 3.8) is 0 Å². The minimum Gasteiger partial charge on any atom is -0.444 e. The van der Waals surface area contributed by atoms with E-state index >= 15 is 0 Å². The number of likely N-dealkylation sites (tertiary alicyclic amines) is 1. The van der Waals surface area contributed by atoms with Gasteiger partial charge < -0.3 is 19.3 Å². The summed E-state index contributed by atoms with van der Waals surface area (Å²) in [5.41, 5.74) is -3.11. The molecular weight excluding hydrogens is 617 g/mol. The van der Waals surface area contributed by atoms with E-state index in [-0.39, 0.29) is 47.0 Å². The monoisotopic (exact) mass is 664 g/mol. The Balaban J connectivity index is 1.27. The van der Waals surface area contributed by atoms with Crippen LogP contribution in [-0.4, -0.2) is 68.9 Å². The van der Waals surface area contributed by atoms with Crippen molar-refractivity contribution >= 4 is 35.0 Å². The summed E-state index contributed by atoms with van der Waals surface area (Å²) < 4.78 is 52.8. The Kier molecular flexibility index (Phi) is 10.7. The molecular formula is C34H47F3N4O4S. The molecule has 0 N–H and O–H groups in total. The number of thiocarbonyl (C=S) groups is 1. The van der Waals surface area contributed by atoms with Crippen LogP contribution in [0, 0.1) is 17.2 Å². The highest BCUT2D eigenvalue weighted by atomic mass is 32.1. The number of amides is 2. The summed E-state index contributed by atoms with van der Waals surface area (Å²) in [5.74, 6) is 0.140. The molecule has 254 valence electrons. The highest BCUT2D eigenvalue weighted by Gasteiger charge is 2.52. The number of piperidine rings is 1. The van der Waals surface area contributed by atoms with E-state index < -0.39 is 28.4 Å². The van der Waals surface area contributed by atoms with Crippen molar-refractivity contribution < 1.29 is 32.2 Å². The fourth-order valence-electron chi connectivity index (χ4n) is 7.30. The van der Waals surface area contributed by atoms with Gasteiger partial charge in [0.2, 0.25) is 0 Å². The Morgan fingerprint density at radius 2 is 1.70 bits per heavy atom. The van der Waals surface area contributed by atoms with Crippen molar-refractivity contribution in [3.8, 4) is 6.07 Å². The van der Waals surface area contributed by atoms with Crippen LogP contribution in [0.5, 0.6) is 0 Å². The van der Waals surface area contributed by atoms with Gasteiger partial charge in [-0.25, -0.2) is 4.79 Å². The van der Waals surface area contributed by atoms with Gasteiger partial charge in [0.1, 0.15) is 11.1 Å². The number of rotatable bonds is 7. The molecule has 3 atom stereocenters. The number of alkyl halides is 3. The van der Waals surface area contributed by atoms with Gasteiger partial charge in [-0.3, -0.25) is 9.69 Å². The van der Waals surface area contributed by atoms with Gasteiger partial charge in [-0.2, -0.15) is 18.4 Å². The third-order valence-corrected chi connectivity index (χ3v) is 9.85. The molecule has 2 aliphatic heterocycles. The zero-order valence-electron chi connectivity index (χ0n) is 27.9. The van der Waals surface area contributed by atoms with E-state index in [2.05, 4.69) is 0 Å².